The molecule has 106 valence electrons. The predicted octanol–water partition coefficient (Wildman–Crippen LogP) is 3.35. The van der Waals surface area contributed by atoms with Crippen molar-refractivity contribution in [3.63, 3.8) is 0 Å². The third kappa shape index (κ3) is 3.33. The minimum atomic E-state index is -0.864. The van der Waals surface area contributed by atoms with Gasteiger partial charge in [0, 0.05) is 5.56 Å². The number of rotatable bonds is 5. The molecule has 0 spiro atoms. The molecule has 2 nitrogen and oxygen atoms in total. The van der Waals surface area contributed by atoms with Crippen LogP contribution in [0.1, 0.15) is 16.7 Å². The average molecular weight is 277 g/mol. The van der Waals surface area contributed by atoms with Crippen molar-refractivity contribution in [2.24, 2.45) is 5.73 Å². The van der Waals surface area contributed by atoms with Crippen LogP contribution < -0.4 is 10.5 Å². The smallest absolute Gasteiger partial charge is 0.165 e. The van der Waals surface area contributed by atoms with E-state index in [9.17, 15) is 8.78 Å². The minimum absolute atomic E-state index is 0.00970. The van der Waals surface area contributed by atoms with Crippen LogP contribution in [0.5, 0.6) is 5.75 Å². The Balaban J connectivity index is 2.16. The lowest BCUT2D eigenvalue weighted by atomic mass is 10.1. The van der Waals surface area contributed by atoms with Gasteiger partial charge in [0.25, 0.3) is 0 Å². The van der Waals surface area contributed by atoms with Crippen LogP contribution in [0.2, 0.25) is 0 Å². The molecule has 2 aromatic carbocycles. The monoisotopic (exact) mass is 277 g/mol. The highest BCUT2D eigenvalue weighted by Gasteiger charge is 2.09. The summed E-state index contributed by atoms with van der Waals surface area (Å²) < 4.78 is 32.3. The Morgan fingerprint density at radius 2 is 1.90 bits per heavy atom. The van der Waals surface area contributed by atoms with Crippen LogP contribution in [0.3, 0.4) is 0 Å². The Morgan fingerprint density at radius 3 is 2.65 bits per heavy atom. The lowest BCUT2D eigenvalue weighted by molar-refractivity contribution is 0.294. The molecule has 2 N–H and O–H groups in total. The van der Waals surface area contributed by atoms with Crippen LogP contribution in [-0.2, 0) is 13.0 Å². The minimum Gasteiger partial charge on any atom is -0.489 e. The summed E-state index contributed by atoms with van der Waals surface area (Å²) in [6, 6.07) is 9.80. The number of ether oxygens (including phenoxy) is 1. The van der Waals surface area contributed by atoms with E-state index in [2.05, 4.69) is 0 Å². The van der Waals surface area contributed by atoms with Gasteiger partial charge in [0.2, 0.25) is 0 Å². The maximum Gasteiger partial charge on any atom is 0.165 e. The van der Waals surface area contributed by atoms with Gasteiger partial charge in [-0.2, -0.15) is 0 Å². The molecule has 0 amide bonds. The van der Waals surface area contributed by atoms with Gasteiger partial charge in [-0.15, -0.1) is 0 Å². The zero-order chi connectivity index (χ0) is 14.5. The van der Waals surface area contributed by atoms with Crippen molar-refractivity contribution < 1.29 is 13.5 Å². The molecule has 0 radical (unpaired) electrons. The van der Waals surface area contributed by atoms with E-state index in [0.29, 0.717) is 18.7 Å². The molecule has 0 saturated carbocycles. The molecule has 4 heteroatoms. The molecule has 2 rings (SSSR count). The van der Waals surface area contributed by atoms with Gasteiger partial charge in [0.05, 0.1) is 0 Å². The van der Waals surface area contributed by atoms with Crippen molar-refractivity contribution in [2.45, 2.75) is 20.0 Å². The quantitative estimate of drug-likeness (QED) is 0.909. The number of nitrogens with two attached hydrogens (primary N) is 1. The van der Waals surface area contributed by atoms with E-state index in [4.69, 9.17) is 10.5 Å². The molecule has 0 saturated heterocycles. The van der Waals surface area contributed by atoms with Crippen LogP contribution in [0.25, 0.3) is 0 Å². The first-order valence-corrected chi connectivity index (χ1v) is 6.47. The van der Waals surface area contributed by atoms with E-state index >= 15 is 0 Å². The second-order valence-electron chi connectivity index (χ2n) is 4.65. The number of hydrogen-bond acceptors (Lipinski definition) is 2. The molecule has 0 aliphatic heterocycles. The first kappa shape index (κ1) is 14.5. The molecule has 20 heavy (non-hydrogen) atoms. The fraction of sp³-hybridized carbons (Fsp3) is 0.250. The van der Waals surface area contributed by atoms with Gasteiger partial charge in [-0.3, -0.25) is 0 Å². The van der Waals surface area contributed by atoms with Gasteiger partial charge < -0.3 is 10.5 Å². The molecule has 0 aliphatic carbocycles. The molecule has 0 aliphatic rings. The Bertz CT molecular complexity index is 599. The highest BCUT2D eigenvalue weighted by molar-refractivity contribution is 5.37. The van der Waals surface area contributed by atoms with Gasteiger partial charge in [-0.25, -0.2) is 8.78 Å². The fourth-order valence-corrected chi connectivity index (χ4v) is 2.02. The molecule has 0 fully saturated rings. The van der Waals surface area contributed by atoms with Crippen LogP contribution in [0, 0.1) is 18.6 Å². The Kier molecular flexibility index (Phi) is 4.69. The van der Waals surface area contributed by atoms with Crippen LogP contribution in [0.4, 0.5) is 8.78 Å². The van der Waals surface area contributed by atoms with E-state index in [1.165, 1.54) is 12.1 Å². The van der Waals surface area contributed by atoms with Gasteiger partial charge in [-0.1, -0.05) is 29.8 Å². The highest BCUT2D eigenvalue weighted by atomic mass is 19.2. The maximum atomic E-state index is 13.5. The summed E-state index contributed by atoms with van der Waals surface area (Å²) in [6.45, 7) is 2.48. The van der Waals surface area contributed by atoms with Crippen molar-refractivity contribution >= 4 is 0 Å². The van der Waals surface area contributed by atoms with Crippen LogP contribution >= 0.6 is 0 Å². The summed E-state index contributed by atoms with van der Waals surface area (Å²) in [5, 5.41) is 0. The number of benzene rings is 2. The standard InChI is InChI=1S/C16H17F2NO/c1-11-5-6-15(12(9-11)7-8-19)20-10-13-3-2-4-14(17)16(13)18/h2-6,9H,7-8,10,19H2,1H3. The lowest BCUT2D eigenvalue weighted by Crippen LogP contribution is -2.06. The van der Waals surface area contributed by atoms with Gasteiger partial charge >= 0.3 is 0 Å². The normalized spacial score (nSPS) is 10.6. The zero-order valence-corrected chi connectivity index (χ0v) is 11.3. The molecular formula is C16H17F2NO. The van der Waals surface area contributed by atoms with Gasteiger partial charge in [0.1, 0.15) is 12.4 Å². The number of halogens is 2. The summed E-state index contributed by atoms with van der Waals surface area (Å²) in [4.78, 5) is 0. The molecular weight excluding hydrogens is 260 g/mol. The van der Waals surface area contributed by atoms with E-state index in [1.54, 1.807) is 0 Å². The van der Waals surface area contributed by atoms with E-state index in [1.807, 2.05) is 25.1 Å². The topological polar surface area (TPSA) is 35.2 Å². The van der Waals surface area contributed by atoms with E-state index in [-0.39, 0.29) is 12.2 Å². The Morgan fingerprint density at radius 1 is 1.10 bits per heavy atom. The SMILES string of the molecule is Cc1ccc(OCc2cccc(F)c2F)c(CCN)c1. The third-order valence-corrected chi connectivity index (χ3v) is 3.04. The molecule has 0 bridgehead atoms. The predicted molar refractivity (Wildman–Crippen MR) is 74.6 cm³/mol. The first-order chi connectivity index (χ1) is 9.61. The Hall–Kier alpha value is -1.94. The fourth-order valence-electron chi connectivity index (χ4n) is 2.02. The van der Waals surface area contributed by atoms with Gasteiger partial charge in [0.15, 0.2) is 11.6 Å². The van der Waals surface area contributed by atoms with Crippen molar-refractivity contribution in [3.8, 4) is 5.75 Å². The maximum absolute atomic E-state index is 13.5. The highest BCUT2D eigenvalue weighted by Crippen LogP contribution is 2.22. The first-order valence-electron chi connectivity index (χ1n) is 6.47. The van der Waals surface area contributed by atoms with Crippen LogP contribution in [0.15, 0.2) is 36.4 Å². The van der Waals surface area contributed by atoms with E-state index in [0.717, 1.165) is 17.2 Å². The molecule has 2 aromatic rings. The molecule has 0 heterocycles. The van der Waals surface area contributed by atoms with Crippen molar-refractivity contribution in [1.29, 1.82) is 0 Å². The van der Waals surface area contributed by atoms with Crippen molar-refractivity contribution in [2.75, 3.05) is 6.54 Å². The zero-order valence-electron chi connectivity index (χ0n) is 11.3. The second kappa shape index (κ2) is 6.48. The summed E-state index contributed by atoms with van der Waals surface area (Å²) in [5.41, 5.74) is 7.85. The summed E-state index contributed by atoms with van der Waals surface area (Å²) >= 11 is 0. The number of aryl methyl sites for hydroxylation is 1. The summed E-state index contributed by atoms with van der Waals surface area (Å²) in [7, 11) is 0. The molecule has 0 atom stereocenters. The summed E-state index contributed by atoms with van der Waals surface area (Å²) in [6.07, 6.45) is 0.683. The Labute approximate surface area is 117 Å². The lowest BCUT2D eigenvalue weighted by Gasteiger charge is -2.12. The van der Waals surface area contributed by atoms with E-state index < -0.39 is 11.6 Å². The van der Waals surface area contributed by atoms with Crippen molar-refractivity contribution in [3.05, 3.63) is 64.7 Å². The third-order valence-electron chi connectivity index (χ3n) is 3.04. The molecule has 0 aromatic heterocycles. The van der Waals surface area contributed by atoms with Crippen molar-refractivity contribution in [1.82, 2.24) is 0 Å². The van der Waals surface area contributed by atoms with Gasteiger partial charge in [-0.05, 0) is 37.6 Å². The molecule has 0 unspecified atom stereocenters. The van der Waals surface area contributed by atoms with Crippen LogP contribution in [-0.4, -0.2) is 6.54 Å². The largest absolute Gasteiger partial charge is 0.489 e. The summed E-state index contributed by atoms with van der Waals surface area (Å²) in [5.74, 6) is -1.07. The number of hydrogen-bond donors (Lipinski definition) is 1. The average Bonchev–Trinajstić information content (AvgIpc) is 2.42. The second-order valence-corrected chi connectivity index (χ2v) is 4.65.